The van der Waals surface area contributed by atoms with Gasteiger partial charge in [-0.25, -0.2) is 0 Å². The van der Waals surface area contributed by atoms with Crippen LogP contribution in [0.4, 0.5) is 5.69 Å². The maximum absolute atomic E-state index is 12.4. The van der Waals surface area contributed by atoms with Crippen LogP contribution in [0.25, 0.3) is 0 Å². The van der Waals surface area contributed by atoms with Crippen molar-refractivity contribution in [1.82, 2.24) is 10.3 Å². The van der Waals surface area contributed by atoms with E-state index in [1.165, 1.54) is 0 Å². The van der Waals surface area contributed by atoms with Gasteiger partial charge in [0.2, 0.25) is 6.79 Å². The second-order valence-corrected chi connectivity index (χ2v) is 5.73. The van der Waals surface area contributed by atoms with E-state index < -0.39 is 0 Å². The highest BCUT2D eigenvalue weighted by Crippen LogP contribution is 2.32. The Morgan fingerprint density at radius 1 is 1.08 bits per heavy atom. The Morgan fingerprint density at radius 2 is 2.00 bits per heavy atom. The number of nitrogens with zero attached hydrogens (tertiary/aromatic N) is 1. The topological polar surface area (TPSA) is 85.6 Å². The second-order valence-electron chi connectivity index (χ2n) is 5.73. The molecule has 1 amide bonds. The van der Waals surface area contributed by atoms with Gasteiger partial charge in [-0.1, -0.05) is 6.07 Å². The van der Waals surface area contributed by atoms with Crippen LogP contribution in [0.5, 0.6) is 11.5 Å². The summed E-state index contributed by atoms with van der Waals surface area (Å²) >= 11 is 0. The summed E-state index contributed by atoms with van der Waals surface area (Å²) in [5.41, 5.74) is 2.06. The molecule has 0 saturated heterocycles. The summed E-state index contributed by atoms with van der Waals surface area (Å²) < 4.78 is 15.9. The van der Waals surface area contributed by atoms with E-state index in [9.17, 15) is 4.79 Å². The fraction of sp³-hybridized carbons (Fsp3) is 0.158. The lowest BCUT2D eigenvalue weighted by Crippen LogP contribution is -2.23. The molecule has 7 heteroatoms. The zero-order chi connectivity index (χ0) is 17.8. The summed E-state index contributed by atoms with van der Waals surface area (Å²) in [4.78, 5) is 16.5. The van der Waals surface area contributed by atoms with E-state index in [0.717, 1.165) is 22.8 Å². The van der Waals surface area contributed by atoms with Crippen LogP contribution in [0, 0.1) is 0 Å². The number of benzene rings is 1. The van der Waals surface area contributed by atoms with E-state index in [1.54, 1.807) is 24.6 Å². The van der Waals surface area contributed by atoms with Gasteiger partial charge in [-0.3, -0.25) is 9.78 Å². The normalized spacial score (nSPS) is 12.0. The van der Waals surface area contributed by atoms with Crippen LogP contribution in [-0.4, -0.2) is 17.7 Å². The third-order valence-electron chi connectivity index (χ3n) is 3.93. The van der Waals surface area contributed by atoms with Gasteiger partial charge >= 0.3 is 0 Å². The first kappa shape index (κ1) is 16.0. The maximum Gasteiger partial charge on any atom is 0.270 e. The van der Waals surface area contributed by atoms with Gasteiger partial charge in [0, 0.05) is 18.4 Å². The minimum atomic E-state index is -0.246. The summed E-state index contributed by atoms with van der Waals surface area (Å²) in [6.45, 7) is 1.14. The number of anilines is 1. The predicted octanol–water partition coefficient (Wildman–Crippen LogP) is 2.95. The third-order valence-corrected chi connectivity index (χ3v) is 3.93. The number of ether oxygens (including phenoxy) is 2. The van der Waals surface area contributed by atoms with Crippen LogP contribution in [0.15, 0.2) is 59.3 Å². The zero-order valence-electron chi connectivity index (χ0n) is 13.9. The highest BCUT2D eigenvalue weighted by Gasteiger charge is 2.14. The lowest BCUT2D eigenvalue weighted by atomic mass is 10.2. The smallest absolute Gasteiger partial charge is 0.270 e. The van der Waals surface area contributed by atoms with Gasteiger partial charge < -0.3 is 24.5 Å². The monoisotopic (exact) mass is 351 g/mol. The largest absolute Gasteiger partial charge is 0.467 e. The lowest BCUT2D eigenvalue weighted by Gasteiger charge is -2.08. The van der Waals surface area contributed by atoms with Crippen molar-refractivity contribution in [2.45, 2.75) is 13.1 Å². The molecular formula is C19H17N3O4. The first-order valence-electron chi connectivity index (χ1n) is 8.17. The summed E-state index contributed by atoms with van der Waals surface area (Å²) in [7, 11) is 0. The molecule has 1 aliphatic heterocycles. The Kier molecular flexibility index (Phi) is 4.42. The lowest BCUT2D eigenvalue weighted by molar-refractivity contribution is 0.0946. The van der Waals surface area contributed by atoms with Crippen LogP contribution < -0.4 is 20.1 Å². The van der Waals surface area contributed by atoms with E-state index in [2.05, 4.69) is 15.6 Å². The fourth-order valence-electron chi connectivity index (χ4n) is 2.59. The fourth-order valence-corrected chi connectivity index (χ4v) is 2.59. The molecule has 0 unspecified atom stereocenters. The molecule has 1 aliphatic rings. The molecule has 0 fully saturated rings. The van der Waals surface area contributed by atoms with Crippen LogP contribution in [0.2, 0.25) is 0 Å². The molecule has 132 valence electrons. The van der Waals surface area contributed by atoms with Crippen molar-refractivity contribution in [2.24, 2.45) is 0 Å². The molecule has 0 saturated carbocycles. The number of carbonyl (C=O) groups is 1. The Bertz CT molecular complexity index is 909. The van der Waals surface area contributed by atoms with E-state index >= 15 is 0 Å². The molecule has 7 nitrogen and oxygen atoms in total. The Morgan fingerprint density at radius 3 is 2.88 bits per heavy atom. The highest BCUT2D eigenvalue weighted by atomic mass is 16.7. The van der Waals surface area contributed by atoms with Gasteiger partial charge in [0.25, 0.3) is 5.91 Å². The summed E-state index contributed by atoms with van der Waals surface area (Å²) in [6, 6.07) is 12.8. The number of amides is 1. The molecule has 4 rings (SSSR count). The maximum atomic E-state index is 12.4. The van der Waals surface area contributed by atoms with Gasteiger partial charge in [0.15, 0.2) is 11.5 Å². The molecule has 1 aromatic carbocycles. The van der Waals surface area contributed by atoms with Gasteiger partial charge in [-0.05, 0) is 42.0 Å². The molecule has 0 spiro atoms. The predicted molar refractivity (Wildman–Crippen MR) is 94.0 cm³/mol. The van der Waals surface area contributed by atoms with Gasteiger partial charge in [-0.15, -0.1) is 0 Å². The molecule has 26 heavy (non-hydrogen) atoms. The first-order chi connectivity index (χ1) is 12.8. The van der Waals surface area contributed by atoms with Crippen molar-refractivity contribution in [2.75, 3.05) is 12.1 Å². The quantitative estimate of drug-likeness (QED) is 0.710. The Hall–Kier alpha value is -3.48. The van der Waals surface area contributed by atoms with E-state index in [4.69, 9.17) is 13.9 Å². The van der Waals surface area contributed by atoms with E-state index in [1.807, 2.05) is 30.3 Å². The number of hydrogen-bond donors (Lipinski definition) is 2. The summed E-state index contributed by atoms with van der Waals surface area (Å²) in [5, 5.41) is 6.06. The summed E-state index contributed by atoms with van der Waals surface area (Å²) in [5.74, 6) is 1.98. The van der Waals surface area contributed by atoms with Crippen molar-refractivity contribution < 1.29 is 18.7 Å². The molecule has 3 aromatic rings. The standard InChI is InChI=1S/C19H17N3O4/c23-19(22-10-13-3-4-17-18(8-13)26-12-25-17)16-9-14(5-6-20-16)21-11-15-2-1-7-24-15/h1-9H,10-12H2,(H,20,21)(H,22,23). The van der Waals surface area contributed by atoms with Crippen LogP contribution in [-0.2, 0) is 13.1 Å². The van der Waals surface area contributed by atoms with Crippen molar-refractivity contribution in [3.8, 4) is 11.5 Å². The number of fused-ring (bicyclic) bond motifs is 1. The molecule has 2 aromatic heterocycles. The molecule has 3 heterocycles. The minimum Gasteiger partial charge on any atom is -0.467 e. The minimum absolute atomic E-state index is 0.229. The number of furan rings is 1. The van der Waals surface area contributed by atoms with Gasteiger partial charge in [0.05, 0.1) is 12.8 Å². The number of hydrogen-bond acceptors (Lipinski definition) is 6. The molecule has 0 aliphatic carbocycles. The average molecular weight is 351 g/mol. The average Bonchev–Trinajstić information content (AvgIpc) is 3.35. The van der Waals surface area contributed by atoms with E-state index in [-0.39, 0.29) is 12.7 Å². The number of aromatic nitrogens is 1. The van der Waals surface area contributed by atoms with Crippen molar-refractivity contribution in [3.05, 3.63) is 71.9 Å². The summed E-state index contributed by atoms with van der Waals surface area (Å²) in [6.07, 6.45) is 3.22. The highest BCUT2D eigenvalue weighted by molar-refractivity contribution is 5.93. The van der Waals surface area contributed by atoms with Crippen molar-refractivity contribution in [1.29, 1.82) is 0 Å². The van der Waals surface area contributed by atoms with Gasteiger partial charge in [0.1, 0.15) is 11.5 Å². The van der Waals surface area contributed by atoms with Crippen LogP contribution >= 0.6 is 0 Å². The molecule has 0 bridgehead atoms. The Balaban J connectivity index is 1.36. The molecule has 0 atom stereocenters. The first-order valence-corrected chi connectivity index (χ1v) is 8.17. The SMILES string of the molecule is O=C(NCc1ccc2c(c1)OCO2)c1cc(NCc2ccco2)ccn1. The number of rotatable bonds is 6. The number of carbonyl (C=O) groups excluding carboxylic acids is 1. The zero-order valence-corrected chi connectivity index (χ0v) is 13.9. The van der Waals surface area contributed by atoms with Crippen LogP contribution in [0.3, 0.4) is 0 Å². The number of pyridine rings is 1. The number of nitrogens with one attached hydrogen (secondary N) is 2. The van der Waals surface area contributed by atoms with Crippen LogP contribution in [0.1, 0.15) is 21.8 Å². The van der Waals surface area contributed by atoms with Crippen molar-refractivity contribution in [3.63, 3.8) is 0 Å². The third kappa shape index (κ3) is 3.61. The second kappa shape index (κ2) is 7.18. The van der Waals surface area contributed by atoms with Gasteiger partial charge in [-0.2, -0.15) is 0 Å². The Labute approximate surface area is 150 Å². The van der Waals surface area contributed by atoms with E-state index in [0.29, 0.717) is 24.5 Å². The molecular weight excluding hydrogens is 334 g/mol. The molecule has 0 radical (unpaired) electrons. The van der Waals surface area contributed by atoms with Crippen molar-refractivity contribution >= 4 is 11.6 Å². The molecule has 2 N–H and O–H groups in total.